The summed E-state index contributed by atoms with van der Waals surface area (Å²) in [6.07, 6.45) is 7.60. The van der Waals surface area contributed by atoms with Crippen molar-refractivity contribution >= 4 is 29.1 Å². The van der Waals surface area contributed by atoms with Crippen molar-refractivity contribution in [3.8, 4) is 0 Å². The van der Waals surface area contributed by atoms with Gasteiger partial charge in [0.05, 0.1) is 12.0 Å². The average Bonchev–Trinajstić information content (AvgIpc) is 3.20. The second-order valence-corrected chi connectivity index (χ2v) is 6.71. The van der Waals surface area contributed by atoms with E-state index in [4.69, 9.17) is 9.40 Å². The SMILES string of the molecule is Cc1ccn2cc(CCc3ccc4nc(N=CN(C)C)oc4c3)nc2c1. The van der Waals surface area contributed by atoms with E-state index >= 15 is 0 Å². The lowest BCUT2D eigenvalue weighted by molar-refractivity contribution is 0.602. The Morgan fingerprint density at radius 3 is 2.88 bits per heavy atom. The van der Waals surface area contributed by atoms with Gasteiger partial charge in [0.1, 0.15) is 11.2 Å². The highest BCUT2D eigenvalue weighted by Crippen LogP contribution is 2.22. The van der Waals surface area contributed by atoms with Crippen LogP contribution in [-0.4, -0.2) is 39.7 Å². The largest absolute Gasteiger partial charge is 0.422 e. The molecule has 1 aromatic carbocycles. The van der Waals surface area contributed by atoms with Gasteiger partial charge in [-0.1, -0.05) is 6.07 Å². The van der Waals surface area contributed by atoms with Crippen LogP contribution in [0, 0.1) is 6.92 Å². The van der Waals surface area contributed by atoms with Crippen molar-refractivity contribution in [3.05, 3.63) is 59.5 Å². The van der Waals surface area contributed by atoms with E-state index < -0.39 is 0 Å². The Labute approximate surface area is 151 Å². The van der Waals surface area contributed by atoms with Crippen molar-refractivity contribution in [1.82, 2.24) is 19.3 Å². The number of fused-ring (bicyclic) bond motifs is 2. The van der Waals surface area contributed by atoms with Gasteiger partial charge in [-0.25, -0.2) is 4.98 Å². The standard InChI is InChI=1S/C20H21N5O/c1-14-8-9-25-12-16(22-19(25)10-14)6-4-15-5-7-17-18(11-15)26-20(23-17)21-13-24(2)3/h5,7-13H,4,6H2,1-3H3. The van der Waals surface area contributed by atoms with Gasteiger partial charge in [0.15, 0.2) is 5.58 Å². The van der Waals surface area contributed by atoms with Crippen LogP contribution in [0.5, 0.6) is 0 Å². The molecule has 6 heteroatoms. The molecule has 26 heavy (non-hydrogen) atoms. The first-order valence-electron chi connectivity index (χ1n) is 8.61. The van der Waals surface area contributed by atoms with Crippen LogP contribution in [0.1, 0.15) is 16.8 Å². The smallest absolute Gasteiger partial charge is 0.324 e. The van der Waals surface area contributed by atoms with Gasteiger partial charge in [0.25, 0.3) is 0 Å². The molecule has 0 aliphatic heterocycles. The average molecular weight is 347 g/mol. The molecule has 0 spiro atoms. The third-order valence-electron chi connectivity index (χ3n) is 4.18. The van der Waals surface area contributed by atoms with Crippen molar-refractivity contribution in [2.24, 2.45) is 4.99 Å². The van der Waals surface area contributed by atoms with E-state index in [9.17, 15) is 0 Å². The number of hydrogen-bond donors (Lipinski definition) is 0. The van der Waals surface area contributed by atoms with Crippen LogP contribution >= 0.6 is 0 Å². The Morgan fingerprint density at radius 2 is 2.04 bits per heavy atom. The van der Waals surface area contributed by atoms with Crippen molar-refractivity contribution < 1.29 is 4.42 Å². The topological polar surface area (TPSA) is 58.9 Å². The van der Waals surface area contributed by atoms with Crippen LogP contribution in [-0.2, 0) is 12.8 Å². The van der Waals surface area contributed by atoms with Gasteiger partial charge >= 0.3 is 6.01 Å². The zero-order valence-corrected chi connectivity index (χ0v) is 15.2. The molecule has 0 aliphatic rings. The van der Waals surface area contributed by atoms with Gasteiger partial charge in [0, 0.05) is 26.5 Å². The van der Waals surface area contributed by atoms with E-state index in [0.29, 0.717) is 6.01 Å². The van der Waals surface area contributed by atoms with Crippen LogP contribution in [0.4, 0.5) is 6.01 Å². The van der Waals surface area contributed by atoms with E-state index in [1.165, 1.54) is 11.1 Å². The minimum atomic E-state index is 0.376. The summed E-state index contributed by atoms with van der Waals surface area (Å²) >= 11 is 0. The van der Waals surface area contributed by atoms with Crippen molar-refractivity contribution in [2.45, 2.75) is 19.8 Å². The fourth-order valence-corrected chi connectivity index (χ4v) is 2.86. The third-order valence-corrected chi connectivity index (χ3v) is 4.18. The maximum Gasteiger partial charge on any atom is 0.324 e. The predicted molar refractivity (Wildman–Crippen MR) is 103 cm³/mol. The molecule has 0 aliphatic carbocycles. The monoisotopic (exact) mass is 347 g/mol. The lowest BCUT2D eigenvalue weighted by Gasteiger charge is -1.99. The highest BCUT2D eigenvalue weighted by molar-refractivity contribution is 5.75. The summed E-state index contributed by atoms with van der Waals surface area (Å²) in [5, 5.41) is 0. The van der Waals surface area contributed by atoms with Crippen LogP contribution in [0.2, 0.25) is 0 Å². The molecule has 4 rings (SSSR count). The Balaban J connectivity index is 1.51. The van der Waals surface area contributed by atoms with E-state index in [1.54, 1.807) is 6.34 Å². The molecule has 3 heterocycles. The van der Waals surface area contributed by atoms with Crippen molar-refractivity contribution in [3.63, 3.8) is 0 Å². The number of rotatable bonds is 5. The number of aliphatic imine (C=N–C) groups is 1. The maximum atomic E-state index is 5.72. The molecular weight excluding hydrogens is 326 g/mol. The van der Waals surface area contributed by atoms with Gasteiger partial charge in [-0.3, -0.25) is 0 Å². The fourth-order valence-electron chi connectivity index (χ4n) is 2.86. The number of imidazole rings is 1. The van der Waals surface area contributed by atoms with Crippen LogP contribution in [0.3, 0.4) is 0 Å². The third kappa shape index (κ3) is 3.44. The van der Waals surface area contributed by atoms with Crippen molar-refractivity contribution in [1.29, 1.82) is 0 Å². The molecule has 0 saturated heterocycles. The molecular formula is C20H21N5O. The van der Waals surface area contributed by atoms with Gasteiger partial charge in [-0.05, 0) is 55.2 Å². The minimum Gasteiger partial charge on any atom is -0.422 e. The number of oxazole rings is 1. The molecule has 132 valence electrons. The molecule has 0 amide bonds. The second kappa shape index (κ2) is 6.63. The zero-order chi connectivity index (χ0) is 18.1. The summed E-state index contributed by atoms with van der Waals surface area (Å²) in [4.78, 5) is 15.1. The van der Waals surface area contributed by atoms with E-state index in [-0.39, 0.29) is 0 Å². The maximum absolute atomic E-state index is 5.72. The molecule has 4 aromatic rings. The summed E-state index contributed by atoms with van der Waals surface area (Å²) in [5.74, 6) is 0. The van der Waals surface area contributed by atoms with E-state index in [2.05, 4.69) is 51.9 Å². The van der Waals surface area contributed by atoms with Crippen LogP contribution in [0.25, 0.3) is 16.7 Å². The Morgan fingerprint density at radius 1 is 1.15 bits per heavy atom. The summed E-state index contributed by atoms with van der Waals surface area (Å²) in [6, 6.07) is 10.7. The molecule has 0 atom stereocenters. The van der Waals surface area contributed by atoms with E-state index in [0.717, 1.165) is 35.3 Å². The molecule has 6 nitrogen and oxygen atoms in total. The minimum absolute atomic E-state index is 0.376. The Hall–Kier alpha value is -3.15. The molecule has 3 aromatic heterocycles. The summed E-state index contributed by atoms with van der Waals surface area (Å²) in [5.41, 5.74) is 6.09. The Kier molecular flexibility index (Phi) is 4.16. The first-order chi connectivity index (χ1) is 12.6. The lowest BCUT2D eigenvalue weighted by atomic mass is 10.1. The first-order valence-corrected chi connectivity index (χ1v) is 8.61. The van der Waals surface area contributed by atoms with Crippen LogP contribution < -0.4 is 0 Å². The van der Waals surface area contributed by atoms with Crippen molar-refractivity contribution in [2.75, 3.05) is 14.1 Å². The second-order valence-electron chi connectivity index (χ2n) is 6.71. The van der Waals surface area contributed by atoms with Gasteiger partial charge in [-0.15, -0.1) is 0 Å². The normalized spacial score (nSPS) is 11.8. The number of aryl methyl sites for hydroxylation is 3. The fraction of sp³-hybridized carbons (Fsp3) is 0.250. The number of hydrogen-bond acceptors (Lipinski definition) is 4. The molecule has 0 radical (unpaired) electrons. The first kappa shape index (κ1) is 16.3. The molecule has 0 fully saturated rings. The summed E-state index contributed by atoms with van der Waals surface area (Å²) in [7, 11) is 3.82. The van der Waals surface area contributed by atoms with Gasteiger partial charge in [0.2, 0.25) is 0 Å². The predicted octanol–water partition coefficient (Wildman–Crippen LogP) is 3.79. The van der Waals surface area contributed by atoms with Gasteiger partial charge < -0.3 is 13.7 Å². The molecule has 0 bridgehead atoms. The highest BCUT2D eigenvalue weighted by atomic mass is 16.4. The van der Waals surface area contributed by atoms with E-state index in [1.807, 2.05) is 31.1 Å². The number of pyridine rings is 1. The molecule has 0 unspecified atom stereocenters. The van der Waals surface area contributed by atoms with Crippen LogP contribution in [0.15, 0.2) is 52.1 Å². The molecule has 0 saturated carbocycles. The highest BCUT2D eigenvalue weighted by Gasteiger charge is 2.07. The quantitative estimate of drug-likeness (QED) is 0.407. The summed E-state index contributed by atoms with van der Waals surface area (Å²) in [6.45, 7) is 2.08. The number of nitrogens with zero attached hydrogens (tertiary/aromatic N) is 5. The zero-order valence-electron chi connectivity index (χ0n) is 15.2. The van der Waals surface area contributed by atoms with Gasteiger partial charge in [-0.2, -0.15) is 9.98 Å². The number of benzene rings is 1. The molecule has 0 N–H and O–H groups in total. The lowest BCUT2D eigenvalue weighted by Crippen LogP contribution is -2.06. The Bertz CT molecular complexity index is 1090. The summed E-state index contributed by atoms with van der Waals surface area (Å²) < 4.78 is 7.78. The number of aromatic nitrogens is 3.